The Balaban J connectivity index is 2.70. The largest absolute Gasteiger partial charge is 0.511 e. The van der Waals surface area contributed by atoms with Crippen molar-refractivity contribution in [2.24, 2.45) is 5.92 Å². The van der Waals surface area contributed by atoms with E-state index in [-0.39, 0.29) is 18.9 Å². The smallest absolute Gasteiger partial charge is 0.359 e. The molecule has 1 fully saturated rings. The summed E-state index contributed by atoms with van der Waals surface area (Å²) in [6.07, 6.45) is 1.18. The number of carbonyl (C=O) groups excluding carboxylic acids is 4. The maximum Gasteiger partial charge on any atom is 0.511 e. The summed E-state index contributed by atoms with van der Waals surface area (Å²) in [6, 6.07) is -1.90. The predicted octanol–water partition coefficient (Wildman–Crippen LogP) is -0.0254. The first-order chi connectivity index (χ1) is 13.4. The number of rotatable bonds is 11. The predicted molar refractivity (Wildman–Crippen MR) is 98.1 cm³/mol. The van der Waals surface area contributed by atoms with Crippen molar-refractivity contribution in [2.45, 2.75) is 43.7 Å². The Hall–Kier alpha value is -1.67. The highest BCUT2D eigenvalue weighted by atomic mass is 32.2. The monoisotopic (exact) mass is 461 g/mol. The summed E-state index contributed by atoms with van der Waals surface area (Å²) in [5, 5.41) is 2.45. The molecular formula is C15H22F3N3O6S2. The van der Waals surface area contributed by atoms with E-state index >= 15 is 0 Å². The van der Waals surface area contributed by atoms with Gasteiger partial charge in [-0.1, -0.05) is 6.42 Å². The zero-order valence-electron chi connectivity index (χ0n) is 15.5. The zero-order chi connectivity index (χ0) is 22.4. The van der Waals surface area contributed by atoms with Gasteiger partial charge in [0.1, 0.15) is 5.92 Å². The number of sulfonamides is 1. The van der Waals surface area contributed by atoms with E-state index in [0.29, 0.717) is 19.3 Å². The molecule has 0 spiro atoms. The topological polar surface area (TPSA) is 130 Å². The van der Waals surface area contributed by atoms with Crippen molar-refractivity contribution < 1.29 is 40.8 Å². The van der Waals surface area contributed by atoms with Gasteiger partial charge in [0, 0.05) is 32.2 Å². The molecule has 0 aliphatic carbocycles. The highest BCUT2D eigenvalue weighted by molar-refractivity contribution is 7.90. The Kier molecular flexibility index (Phi) is 9.09. The highest BCUT2D eigenvalue weighted by Crippen LogP contribution is 2.25. The standard InChI is InChI=1S/C15H22F3N3O6S2/c1-19-11(22)5-3-2-4-6-21-12(23)7-9(14(21)25)13(24)10(8-28)20-29(26,27)15(16,17)18/h9-10,20,28H,2-8H2,1H3,(H,19,22)/t9?,10-/m0/s1. The summed E-state index contributed by atoms with van der Waals surface area (Å²) in [6.45, 7) is -0.00495. The molecule has 0 aromatic rings. The minimum absolute atomic E-state index is 0.00495. The van der Waals surface area contributed by atoms with Crippen LogP contribution >= 0.6 is 12.6 Å². The van der Waals surface area contributed by atoms with E-state index in [1.807, 2.05) is 0 Å². The minimum Gasteiger partial charge on any atom is -0.359 e. The first-order valence-corrected chi connectivity index (χ1v) is 10.7. The van der Waals surface area contributed by atoms with Crippen molar-refractivity contribution in [2.75, 3.05) is 19.3 Å². The van der Waals surface area contributed by atoms with Gasteiger partial charge in [-0.2, -0.15) is 30.5 Å². The molecule has 1 rings (SSSR count). The average molecular weight is 461 g/mol. The highest BCUT2D eigenvalue weighted by Gasteiger charge is 2.50. The molecule has 29 heavy (non-hydrogen) atoms. The molecule has 14 heteroatoms. The number of hydrogen-bond donors (Lipinski definition) is 3. The number of amides is 3. The Morgan fingerprint density at radius 2 is 1.86 bits per heavy atom. The van der Waals surface area contributed by atoms with Crippen LogP contribution in [0.3, 0.4) is 0 Å². The minimum atomic E-state index is -5.82. The van der Waals surface area contributed by atoms with Crippen LogP contribution in [0.1, 0.15) is 32.1 Å². The number of nitrogens with zero attached hydrogens (tertiary/aromatic N) is 1. The molecule has 0 aromatic carbocycles. The quantitative estimate of drug-likeness (QED) is 0.172. The SMILES string of the molecule is CNC(=O)CCCCCN1C(=O)CC(C(=O)[C@H](CS)NS(=O)(=O)C(F)(F)F)C1=O. The fraction of sp³-hybridized carbons (Fsp3) is 0.733. The molecule has 1 heterocycles. The number of ketones is 1. The number of alkyl halides is 3. The second kappa shape index (κ2) is 10.4. The van der Waals surface area contributed by atoms with Crippen molar-refractivity contribution in [3.63, 3.8) is 0 Å². The number of Topliss-reactive ketones (excluding diaryl/α,β-unsaturated/α-hetero) is 1. The third-order valence-corrected chi connectivity index (χ3v) is 5.85. The molecule has 2 atom stereocenters. The van der Waals surface area contributed by atoms with Gasteiger partial charge in [0.25, 0.3) is 0 Å². The molecule has 9 nitrogen and oxygen atoms in total. The molecule has 0 aromatic heterocycles. The maximum atomic E-state index is 12.5. The maximum absolute atomic E-state index is 12.5. The van der Waals surface area contributed by atoms with E-state index < -0.39 is 57.3 Å². The Labute approximate surface area is 171 Å². The number of carbonyl (C=O) groups is 4. The molecule has 3 amide bonds. The van der Waals surface area contributed by atoms with E-state index in [4.69, 9.17) is 0 Å². The van der Waals surface area contributed by atoms with Gasteiger partial charge in [0.15, 0.2) is 5.78 Å². The van der Waals surface area contributed by atoms with Gasteiger partial charge in [-0.05, 0) is 12.8 Å². The number of nitrogens with one attached hydrogen (secondary N) is 2. The van der Waals surface area contributed by atoms with Crippen molar-refractivity contribution in [3.05, 3.63) is 0 Å². The Morgan fingerprint density at radius 3 is 2.38 bits per heavy atom. The molecule has 1 aliphatic rings. The Morgan fingerprint density at radius 1 is 1.24 bits per heavy atom. The van der Waals surface area contributed by atoms with Crippen LogP contribution < -0.4 is 10.0 Å². The van der Waals surface area contributed by atoms with Gasteiger partial charge < -0.3 is 5.32 Å². The van der Waals surface area contributed by atoms with E-state index in [9.17, 15) is 40.8 Å². The van der Waals surface area contributed by atoms with Crippen LogP contribution in [0.25, 0.3) is 0 Å². The second-order valence-electron chi connectivity index (χ2n) is 6.33. The third kappa shape index (κ3) is 6.67. The third-order valence-electron chi connectivity index (χ3n) is 4.28. The number of imide groups is 1. The van der Waals surface area contributed by atoms with Crippen LogP contribution in [0.4, 0.5) is 13.2 Å². The van der Waals surface area contributed by atoms with Crippen LogP contribution in [0.2, 0.25) is 0 Å². The lowest BCUT2D eigenvalue weighted by Gasteiger charge is -2.19. The fourth-order valence-corrected chi connectivity index (χ4v) is 3.78. The summed E-state index contributed by atoms with van der Waals surface area (Å²) in [7, 11) is -4.33. The van der Waals surface area contributed by atoms with Gasteiger partial charge >= 0.3 is 15.5 Å². The summed E-state index contributed by atoms with van der Waals surface area (Å²) in [5.74, 6) is -5.04. The molecule has 166 valence electrons. The van der Waals surface area contributed by atoms with Gasteiger partial charge in [0.05, 0.1) is 6.04 Å². The number of halogens is 3. The van der Waals surface area contributed by atoms with Crippen molar-refractivity contribution in [3.8, 4) is 0 Å². The average Bonchev–Trinajstić information content (AvgIpc) is 2.92. The summed E-state index contributed by atoms with van der Waals surface area (Å²) >= 11 is 3.68. The lowest BCUT2D eigenvalue weighted by molar-refractivity contribution is -0.141. The molecule has 0 radical (unpaired) electrons. The number of hydrogen-bond acceptors (Lipinski definition) is 7. The number of thiol groups is 1. The number of likely N-dealkylation sites (tertiary alicyclic amines) is 1. The Bertz CT molecular complexity index is 757. The fourth-order valence-electron chi connectivity index (χ4n) is 2.68. The van der Waals surface area contributed by atoms with E-state index in [1.54, 1.807) is 0 Å². The molecule has 2 N–H and O–H groups in total. The number of unbranched alkanes of at least 4 members (excludes halogenated alkanes) is 2. The van der Waals surface area contributed by atoms with Gasteiger partial charge in [-0.25, -0.2) is 8.42 Å². The van der Waals surface area contributed by atoms with Gasteiger partial charge in [-0.3, -0.25) is 24.1 Å². The second-order valence-corrected chi connectivity index (χ2v) is 8.40. The summed E-state index contributed by atoms with van der Waals surface area (Å²) in [5.41, 5.74) is -5.63. The summed E-state index contributed by atoms with van der Waals surface area (Å²) < 4.78 is 61.1. The molecular weight excluding hydrogens is 439 g/mol. The van der Waals surface area contributed by atoms with Crippen molar-refractivity contribution in [1.82, 2.24) is 14.9 Å². The van der Waals surface area contributed by atoms with Crippen molar-refractivity contribution in [1.29, 1.82) is 0 Å². The lowest BCUT2D eigenvalue weighted by atomic mass is 9.98. The lowest BCUT2D eigenvalue weighted by Crippen LogP contribution is -2.50. The first-order valence-electron chi connectivity index (χ1n) is 8.63. The van der Waals surface area contributed by atoms with Crippen LogP contribution in [0.5, 0.6) is 0 Å². The van der Waals surface area contributed by atoms with Crippen LogP contribution in [-0.4, -0.2) is 67.7 Å². The summed E-state index contributed by atoms with van der Waals surface area (Å²) in [4.78, 5) is 48.7. The molecule has 0 bridgehead atoms. The molecule has 1 saturated heterocycles. The van der Waals surface area contributed by atoms with Gasteiger partial charge in [-0.15, -0.1) is 0 Å². The van der Waals surface area contributed by atoms with Crippen LogP contribution in [-0.2, 0) is 29.2 Å². The zero-order valence-corrected chi connectivity index (χ0v) is 17.2. The van der Waals surface area contributed by atoms with Crippen LogP contribution in [0, 0.1) is 5.92 Å². The normalized spacial score (nSPS) is 18.8. The molecule has 0 saturated carbocycles. The van der Waals surface area contributed by atoms with E-state index in [2.05, 4.69) is 17.9 Å². The van der Waals surface area contributed by atoms with Gasteiger partial charge in [0.2, 0.25) is 17.7 Å². The molecule has 1 aliphatic heterocycles. The molecule has 1 unspecified atom stereocenters. The van der Waals surface area contributed by atoms with Crippen LogP contribution in [0.15, 0.2) is 0 Å². The van der Waals surface area contributed by atoms with E-state index in [0.717, 1.165) is 4.90 Å². The van der Waals surface area contributed by atoms with E-state index in [1.165, 1.54) is 11.8 Å². The van der Waals surface area contributed by atoms with Crippen molar-refractivity contribution >= 4 is 46.2 Å². The first kappa shape index (κ1) is 25.4.